The van der Waals surface area contributed by atoms with E-state index in [2.05, 4.69) is 22.6 Å². The van der Waals surface area contributed by atoms with E-state index in [-0.39, 0.29) is 12.1 Å². The SMILES string of the molecule is CN1CCc2c(sc3c2C(=O)N[C@@H](c2ccc(-c4ccc(Cl)cc4)o2)N3)C1. The maximum Gasteiger partial charge on any atom is 0.256 e. The van der Waals surface area contributed by atoms with Crippen molar-refractivity contribution in [3.05, 3.63) is 63.2 Å². The predicted octanol–water partition coefficient (Wildman–Crippen LogP) is 4.50. The second-order valence-corrected chi connectivity index (χ2v) is 8.50. The van der Waals surface area contributed by atoms with Gasteiger partial charge in [-0.1, -0.05) is 11.6 Å². The van der Waals surface area contributed by atoms with E-state index in [1.807, 2.05) is 36.4 Å². The van der Waals surface area contributed by atoms with Crippen LogP contribution in [0.1, 0.15) is 32.7 Å². The fourth-order valence-electron chi connectivity index (χ4n) is 3.66. The Balaban J connectivity index is 1.44. The highest BCUT2D eigenvalue weighted by molar-refractivity contribution is 7.16. The van der Waals surface area contributed by atoms with Crippen molar-refractivity contribution in [2.45, 2.75) is 19.1 Å². The molecule has 0 bridgehead atoms. The number of carbonyl (C=O) groups excluding carboxylic acids is 1. The lowest BCUT2D eigenvalue weighted by molar-refractivity contribution is 0.0930. The molecule has 0 saturated heterocycles. The average Bonchev–Trinajstić information content (AvgIpc) is 3.26. The van der Waals surface area contributed by atoms with Crippen molar-refractivity contribution in [3.63, 3.8) is 0 Å². The smallest absolute Gasteiger partial charge is 0.256 e. The number of halogens is 1. The number of carbonyl (C=O) groups is 1. The summed E-state index contributed by atoms with van der Waals surface area (Å²) in [5.41, 5.74) is 2.95. The molecular weight excluding hydrogens is 382 g/mol. The minimum Gasteiger partial charge on any atom is -0.457 e. The largest absolute Gasteiger partial charge is 0.457 e. The summed E-state index contributed by atoms with van der Waals surface area (Å²) in [6.45, 7) is 1.88. The van der Waals surface area contributed by atoms with Gasteiger partial charge in [0, 0.05) is 28.6 Å². The van der Waals surface area contributed by atoms with Gasteiger partial charge >= 0.3 is 0 Å². The summed E-state index contributed by atoms with van der Waals surface area (Å²) in [6.07, 6.45) is 0.544. The first-order valence-corrected chi connectivity index (χ1v) is 10.0. The van der Waals surface area contributed by atoms with E-state index >= 15 is 0 Å². The lowest BCUT2D eigenvalue weighted by Crippen LogP contribution is -2.38. The van der Waals surface area contributed by atoms with Crippen molar-refractivity contribution in [3.8, 4) is 11.3 Å². The molecule has 2 aromatic heterocycles. The Morgan fingerprint density at radius 2 is 2.00 bits per heavy atom. The summed E-state index contributed by atoms with van der Waals surface area (Å²) in [6, 6.07) is 11.3. The third-order valence-corrected chi connectivity index (χ3v) is 6.47. The van der Waals surface area contributed by atoms with E-state index < -0.39 is 0 Å². The summed E-state index contributed by atoms with van der Waals surface area (Å²) < 4.78 is 6.01. The predicted molar refractivity (Wildman–Crippen MR) is 107 cm³/mol. The average molecular weight is 400 g/mol. The number of hydrogen-bond donors (Lipinski definition) is 2. The first-order valence-electron chi connectivity index (χ1n) is 8.84. The number of fused-ring (bicyclic) bond motifs is 3. The number of benzene rings is 1. The van der Waals surface area contributed by atoms with Gasteiger partial charge in [0.25, 0.3) is 5.91 Å². The van der Waals surface area contributed by atoms with Crippen molar-refractivity contribution >= 4 is 33.8 Å². The zero-order chi connectivity index (χ0) is 18.5. The van der Waals surface area contributed by atoms with Gasteiger partial charge in [-0.3, -0.25) is 4.79 Å². The fraction of sp³-hybridized carbons (Fsp3) is 0.250. The Morgan fingerprint density at radius 1 is 1.19 bits per heavy atom. The molecule has 2 aliphatic rings. The van der Waals surface area contributed by atoms with Gasteiger partial charge in [0.05, 0.1) is 5.56 Å². The molecule has 0 spiro atoms. The fourth-order valence-corrected chi connectivity index (χ4v) is 5.14. The second kappa shape index (κ2) is 6.41. The lowest BCUT2D eigenvalue weighted by atomic mass is 10.0. The molecule has 138 valence electrons. The minimum absolute atomic E-state index is 0.0276. The first kappa shape index (κ1) is 16.9. The Hall–Kier alpha value is -2.28. The van der Waals surface area contributed by atoms with E-state index in [1.54, 1.807) is 11.3 Å². The van der Waals surface area contributed by atoms with Crippen LogP contribution in [0.25, 0.3) is 11.3 Å². The van der Waals surface area contributed by atoms with E-state index in [1.165, 1.54) is 10.4 Å². The van der Waals surface area contributed by atoms with Crippen LogP contribution in [0.3, 0.4) is 0 Å². The van der Waals surface area contributed by atoms with Gasteiger partial charge in [-0.05, 0) is 55.4 Å². The van der Waals surface area contributed by atoms with Crippen LogP contribution >= 0.6 is 22.9 Å². The number of amides is 1. The normalized spacial score (nSPS) is 19.2. The third-order valence-electron chi connectivity index (χ3n) is 5.07. The molecule has 27 heavy (non-hydrogen) atoms. The van der Waals surface area contributed by atoms with Crippen molar-refractivity contribution in [1.29, 1.82) is 0 Å². The number of anilines is 1. The maximum absolute atomic E-state index is 12.8. The highest BCUT2D eigenvalue weighted by Gasteiger charge is 2.33. The highest BCUT2D eigenvalue weighted by Crippen LogP contribution is 2.41. The van der Waals surface area contributed by atoms with Crippen LogP contribution in [0.5, 0.6) is 0 Å². The molecule has 0 unspecified atom stereocenters. The van der Waals surface area contributed by atoms with Crippen LogP contribution in [0.4, 0.5) is 5.00 Å². The van der Waals surface area contributed by atoms with Crippen molar-refractivity contribution < 1.29 is 9.21 Å². The van der Waals surface area contributed by atoms with E-state index in [9.17, 15) is 4.79 Å². The van der Waals surface area contributed by atoms with Crippen LogP contribution in [0.2, 0.25) is 5.02 Å². The van der Waals surface area contributed by atoms with E-state index in [0.717, 1.165) is 41.4 Å². The maximum atomic E-state index is 12.8. The van der Waals surface area contributed by atoms with E-state index in [4.69, 9.17) is 16.0 Å². The number of likely N-dealkylation sites (N-methyl/N-ethyl adjacent to an activating group) is 1. The molecule has 0 fully saturated rings. The first-order chi connectivity index (χ1) is 13.1. The highest BCUT2D eigenvalue weighted by atomic mass is 35.5. The summed E-state index contributed by atoms with van der Waals surface area (Å²) in [5.74, 6) is 1.40. The standard InChI is InChI=1S/C20H18ClN3O2S/c1-24-9-8-13-16(10-24)27-20-17(13)19(25)22-18(23-20)15-7-6-14(26-15)11-2-4-12(21)5-3-11/h2-7,18,23H,8-10H2,1H3,(H,22,25)/t18-/m1/s1. The number of nitrogens with one attached hydrogen (secondary N) is 2. The van der Waals surface area contributed by atoms with Crippen molar-refractivity contribution in [1.82, 2.24) is 10.2 Å². The summed E-state index contributed by atoms with van der Waals surface area (Å²) >= 11 is 7.63. The molecule has 0 saturated carbocycles. The summed E-state index contributed by atoms with van der Waals surface area (Å²) in [4.78, 5) is 16.3. The van der Waals surface area contributed by atoms with Crippen LogP contribution in [0.15, 0.2) is 40.8 Å². The monoisotopic (exact) mass is 399 g/mol. The molecule has 3 aromatic rings. The summed E-state index contributed by atoms with van der Waals surface area (Å²) in [5, 5.41) is 8.11. The number of thiophene rings is 1. The van der Waals surface area contributed by atoms with Gasteiger partial charge in [0.15, 0.2) is 6.17 Å². The van der Waals surface area contributed by atoms with Crippen LogP contribution in [-0.2, 0) is 13.0 Å². The molecule has 1 amide bonds. The van der Waals surface area contributed by atoms with Gasteiger partial charge in [0.2, 0.25) is 0 Å². The number of hydrogen-bond acceptors (Lipinski definition) is 5. The molecule has 4 heterocycles. The Kier molecular flexibility index (Phi) is 4.00. The van der Waals surface area contributed by atoms with Gasteiger partial charge in [-0.15, -0.1) is 11.3 Å². The van der Waals surface area contributed by atoms with Gasteiger partial charge in [-0.2, -0.15) is 0 Å². The minimum atomic E-state index is -0.371. The summed E-state index contributed by atoms with van der Waals surface area (Å²) in [7, 11) is 2.11. The van der Waals surface area contributed by atoms with E-state index in [0.29, 0.717) is 10.8 Å². The molecule has 5 rings (SSSR count). The van der Waals surface area contributed by atoms with Crippen LogP contribution in [0, 0.1) is 0 Å². The van der Waals surface area contributed by atoms with Crippen molar-refractivity contribution in [2.24, 2.45) is 0 Å². The molecule has 0 aliphatic carbocycles. The molecule has 1 aromatic carbocycles. The van der Waals surface area contributed by atoms with Gasteiger partial charge < -0.3 is 20.0 Å². The Bertz CT molecular complexity index is 1020. The third kappa shape index (κ3) is 2.94. The van der Waals surface area contributed by atoms with Crippen LogP contribution in [-0.4, -0.2) is 24.4 Å². The quantitative estimate of drug-likeness (QED) is 0.666. The number of nitrogens with zero attached hydrogens (tertiary/aromatic N) is 1. The molecule has 2 aliphatic heterocycles. The zero-order valence-corrected chi connectivity index (χ0v) is 16.3. The molecule has 2 N–H and O–H groups in total. The molecule has 7 heteroatoms. The Morgan fingerprint density at radius 3 is 2.81 bits per heavy atom. The van der Waals surface area contributed by atoms with Gasteiger partial charge in [0.1, 0.15) is 16.5 Å². The van der Waals surface area contributed by atoms with Crippen molar-refractivity contribution in [2.75, 3.05) is 18.9 Å². The van der Waals surface area contributed by atoms with Crippen LogP contribution < -0.4 is 10.6 Å². The van der Waals surface area contributed by atoms with Gasteiger partial charge in [-0.25, -0.2) is 0 Å². The molecule has 5 nitrogen and oxygen atoms in total. The molecule has 0 radical (unpaired) electrons. The Labute approximate surface area is 165 Å². The second-order valence-electron chi connectivity index (χ2n) is 6.96. The number of rotatable bonds is 2. The number of furan rings is 1. The lowest BCUT2D eigenvalue weighted by Gasteiger charge is -2.26. The molecular formula is C20H18ClN3O2S. The zero-order valence-electron chi connectivity index (χ0n) is 14.7. The topological polar surface area (TPSA) is 57.5 Å². The molecule has 1 atom stereocenters.